The van der Waals surface area contributed by atoms with E-state index < -0.39 is 0 Å². The van der Waals surface area contributed by atoms with Crippen LogP contribution in [-0.2, 0) is 4.79 Å². The summed E-state index contributed by atoms with van der Waals surface area (Å²) in [7, 11) is 0. The van der Waals surface area contributed by atoms with Gasteiger partial charge in [0.05, 0.1) is 11.4 Å². The molecule has 4 heteroatoms. The standard InChI is InChI=1S/C25H37N3O/c1-17(29)27(25-11-3-2-10-24(25)26)23-15-20-8-5-9-21(16-23)28(20)22-13-18-6-4-7-19(12-18)14-22/h2-3,10-11,18-23H,4-9,12-16,26H2,1H3. The predicted molar refractivity (Wildman–Crippen MR) is 119 cm³/mol. The van der Waals surface area contributed by atoms with Gasteiger partial charge in [0.25, 0.3) is 0 Å². The van der Waals surface area contributed by atoms with Gasteiger partial charge in [0, 0.05) is 31.1 Å². The van der Waals surface area contributed by atoms with Crippen molar-refractivity contribution < 1.29 is 4.79 Å². The van der Waals surface area contributed by atoms with Gasteiger partial charge in [-0.2, -0.15) is 0 Å². The first-order valence-electron chi connectivity index (χ1n) is 12.0. The van der Waals surface area contributed by atoms with E-state index in [0.29, 0.717) is 12.1 Å². The number of para-hydroxylation sites is 2. The summed E-state index contributed by atoms with van der Waals surface area (Å²) in [6, 6.07) is 10.2. The molecule has 2 saturated carbocycles. The molecule has 4 bridgehead atoms. The molecule has 4 unspecified atom stereocenters. The maximum absolute atomic E-state index is 12.7. The van der Waals surface area contributed by atoms with E-state index in [4.69, 9.17) is 5.73 Å². The predicted octanol–water partition coefficient (Wildman–Crippen LogP) is 4.98. The van der Waals surface area contributed by atoms with Crippen molar-refractivity contribution >= 4 is 17.3 Å². The molecule has 0 aromatic heterocycles. The van der Waals surface area contributed by atoms with Gasteiger partial charge in [-0.15, -0.1) is 0 Å². The van der Waals surface area contributed by atoms with Gasteiger partial charge in [0.1, 0.15) is 0 Å². The van der Waals surface area contributed by atoms with E-state index in [-0.39, 0.29) is 11.9 Å². The number of amides is 1. The van der Waals surface area contributed by atoms with Gasteiger partial charge in [0.15, 0.2) is 0 Å². The largest absolute Gasteiger partial charge is 0.397 e. The molecule has 2 aliphatic heterocycles. The fourth-order valence-electron chi connectivity index (χ4n) is 7.47. The van der Waals surface area contributed by atoms with Crippen LogP contribution in [0.15, 0.2) is 24.3 Å². The highest BCUT2D eigenvalue weighted by atomic mass is 16.2. The Balaban J connectivity index is 1.37. The summed E-state index contributed by atoms with van der Waals surface area (Å²) in [6.07, 6.45) is 14.9. The number of rotatable bonds is 3. The smallest absolute Gasteiger partial charge is 0.224 e. The minimum Gasteiger partial charge on any atom is -0.397 e. The lowest BCUT2D eigenvalue weighted by molar-refractivity contribution is -0.118. The lowest BCUT2D eigenvalue weighted by Crippen LogP contribution is -2.61. The molecule has 5 rings (SSSR count). The SMILES string of the molecule is CC(=O)N(c1ccccc1N)C1CC2CCCC(C1)N2C1CC2CCCC(C2)C1. The summed E-state index contributed by atoms with van der Waals surface area (Å²) in [5, 5.41) is 0. The molecular weight excluding hydrogens is 358 g/mol. The number of hydrogen-bond donors (Lipinski definition) is 1. The molecule has 1 aromatic carbocycles. The Labute approximate surface area is 175 Å². The average Bonchev–Trinajstić information content (AvgIpc) is 2.68. The first kappa shape index (κ1) is 19.4. The summed E-state index contributed by atoms with van der Waals surface area (Å²) in [5.74, 6) is 2.08. The minimum atomic E-state index is 0.131. The Morgan fingerprint density at radius 3 is 2.14 bits per heavy atom. The van der Waals surface area contributed by atoms with Crippen molar-refractivity contribution in [3.63, 3.8) is 0 Å². The van der Waals surface area contributed by atoms with E-state index in [1.54, 1.807) is 6.92 Å². The number of benzene rings is 1. The van der Waals surface area contributed by atoms with E-state index in [2.05, 4.69) is 4.90 Å². The number of nitrogen functional groups attached to an aromatic ring is 1. The summed E-state index contributed by atoms with van der Waals surface area (Å²) in [6.45, 7) is 1.71. The van der Waals surface area contributed by atoms with Crippen LogP contribution >= 0.6 is 0 Å². The Hall–Kier alpha value is -1.55. The fraction of sp³-hybridized carbons (Fsp3) is 0.720. The van der Waals surface area contributed by atoms with Gasteiger partial charge in [-0.25, -0.2) is 0 Å². The quantitative estimate of drug-likeness (QED) is 0.735. The molecule has 1 aromatic rings. The second-order valence-electron chi connectivity index (χ2n) is 10.3. The minimum absolute atomic E-state index is 0.131. The Kier molecular flexibility index (Phi) is 5.32. The third-order valence-corrected chi connectivity index (χ3v) is 8.43. The zero-order valence-electron chi connectivity index (χ0n) is 17.9. The third kappa shape index (κ3) is 3.69. The first-order chi connectivity index (χ1) is 14.1. The van der Waals surface area contributed by atoms with E-state index in [1.807, 2.05) is 29.2 Å². The average molecular weight is 396 g/mol. The van der Waals surface area contributed by atoms with Crippen LogP contribution in [-0.4, -0.2) is 35.0 Å². The van der Waals surface area contributed by atoms with Crippen LogP contribution in [0.5, 0.6) is 0 Å². The number of nitrogens with zero attached hydrogens (tertiary/aromatic N) is 2. The summed E-state index contributed by atoms with van der Waals surface area (Å²) in [5.41, 5.74) is 7.90. The van der Waals surface area contributed by atoms with E-state index in [9.17, 15) is 4.79 Å². The lowest BCUT2D eigenvalue weighted by atomic mass is 9.68. The second kappa shape index (κ2) is 7.94. The van der Waals surface area contributed by atoms with Gasteiger partial charge in [-0.1, -0.05) is 37.8 Å². The van der Waals surface area contributed by atoms with Gasteiger partial charge in [-0.3, -0.25) is 9.69 Å². The van der Waals surface area contributed by atoms with Gasteiger partial charge in [0.2, 0.25) is 5.91 Å². The van der Waals surface area contributed by atoms with Gasteiger partial charge < -0.3 is 10.6 Å². The van der Waals surface area contributed by atoms with Crippen LogP contribution in [0.25, 0.3) is 0 Å². The van der Waals surface area contributed by atoms with E-state index >= 15 is 0 Å². The molecule has 2 N–H and O–H groups in total. The molecular formula is C25H37N3O. The van der Waals surface area contributed by atoms with Crippen molar-refractivity contribution in [2.45, 2.75) is 102 Å². The maximum atomic E-state index is 12.7. The summed E-state index contributed by atoms with van der Waals surface area (Å²) >= 11 is 0. The van der Waals surface area contributed by atoms with Crippen molar-refractivity contribution in [3.8, 4) is 0 Å². The van der Waals surface area contributed by atoms with Crippen LogP contribution in [0.3, 0.4) is 0 Å². The molecule has 4 atom stereocenters. The molecule has 29 heavy (non-hydrogen) atoms. The highest BCUT2D eigenvalue weighted by molar-refractivity contribution is 5.95. The molecule has 4 fully saturated rings. The highest BCUT2D eigenvalue weighted by Gasteiger charge is 2.46. The van der Waals surface area contributed by atoms with Crippen LogP contribution in [0, 0.1) is 11.8 Å². The number of anilines is 2. The number of carbonyl (C=O) groups excluding carboxylic acids is 1. The molecule has 4 nitrogen and oxygen atoms in total. The Morgan fingerprint density at radius 2 is 1.52 bits per heavy atom. The molecule has 0 spiro atoms. The topological polar surface area (TPSA) is 49.6 Å². The van der Waals surface area contributed by atoms with Crippen LogP contribution < -0.4 is 10.6 Å². The van der Waals surface area contributed by atoms with Crippen molar-refractivity contribution in [3.05, 3.63) is 24.3 Å². The Bertz CT molecular complexity index is 723. The van der Waals surface area contributed by atoms with Gasteiger partial charge >= 0.3 is 0 Å². The molecule has 2 aliphatic carbocycles. The Morgan fingerprint density at radius 1 is 0.897 bits per heavy atom. The van der Waals surface area contributed by atoms with Crippen LogP contribution in [0.2, 0.25) is 0 Å². The second-order valence-corrected chi connectivity index (χ2v) is 10.3. The number of carbonyl (C=O) groups is 1. The monoisotopic (exact) mass is 395 g/mol. The number of fused-ring (bicyclic) bond motifs is 4. The number of piperidine rings is 2. The van der Waals surface area contributed by atoms with Gasteiger partial charge in [-0.05, 0) is 68.9 Å². The van der Waals surface area contributed by atoms with E-state index in [0.717, 1.165) is 42.1 Å². The maximum Gasteiger partial charge on any atom is 0.224 e. The van der Waals surface area contributed by atoms with Crippen molar-refractivity contribution in [2.75, 3.05) is 10.6 Å². The molecule has 0 radical (unpaired) electrons. The third-order valence-electron chi connectivity index (χ3n) is 8.43. The summed E-state index contributed by atoms with van der Waals surface area (Å²) < 4.78 is 0. The number of nitrogens with two attached hydrogens (primary N) is 1. The normalized spacial score (nSPS) is 37.1. The summed E-state index contributed by atoms with van der Waals surface area (Å²) in [4.78, 5) is 17.7. The molecule has 158 valence electrons. The van der Waals surface area contributed by atoms with Crippen molar-refractivity contribution in [2.24, 2.45) is 11.8 Å². The first-order valence-corrected chi connectivity index (χ1v) is 12.0. The van der Waals surface area contributed by atoms with Crippen LogP contribution in [0.1, 0.15) is 77.6 Å². The fourth-order valence-corrected chi connectivity index (χ4v) is 7.47. The molecule has 1 amide bonds. The molecule has 2 saturated heterocycles. The highest BCUT2D eigenvalue weighted by Crippen LogP contribution is 2.46. The molecule has 4 aliphatic rings. The van der Waals surface area contributed by atoms with Crippen molar-refractivity contribution in [1.82, 2.24) is 4.90 Å². The van der Waals surface area contributed by atoms with Crippen molar-refractivity contribution in [1.29, 1.82) is 0 Å². The molecule has 2 heterocycles. The van der Waals surface area contributed by atoms with Crippen LogP contribution in [0.4, 0.5) is 11.4 Å². The van der Waals surface area contributed by atoms with E-state index in [1.165, 1.54) is 57.8 Å². The zero-order valence-corrected chi connectivity index (χ0v) is 17.9. The zero-order chi connectivity index (χ0) is 20.0. The number of hydrogen-bond acceptors (Lipinski definition) is 3. The lowest BCUT2D eigenvalue weighted by Gasteiger charge is -2.56.